The second-order valence-corrected chi connectivity index (χ2v) is 7.41. The zero-order valence-corrected chi connectivity index (χ0v) is 15.8. The lowest BCUT2D eigenvalue weighted by Gasteiger charge is -2.18. The van der Waals surface area contributed by atoms with Crippen molar-refractivity contribution in [1.82, 2.24) is 5.32 Å². The van der Waals surface area contributed by atoms with Crippen molar-refractivity contribution in [3.63, 3.8) is 0 Å². The Balaban J connectivity index is 2.14. The average Bonchev–Trinajstić information content (AvgIpc) is 3.06. The standard InChI is InChI=1S/C20H29NO3/c1-12(2)10-16-18(20(16,4)5)19(22)21-13(3)15-11-14(23-6)8-9-17(15)24-7/h8-11,13,16,18H,1-7H3,(H,21,22). The lowest BCUT2D eigenvalue weighted by molar-refractivity contribution is -0.123. The molecule has 1 aliphatic carbocycles. The van der Waals surface area contributed by atoms with Crippen molar-refractivity contribution in [3.8, 4) is 11.5 Å². The number of rotatable bonds is 6. The van der Waals surface area contributed by atoms with Crippen molar-refractivity contribution >= 4 is 5.91 Å². The quantitative estimate of drug-likeness (QED) is 0.798. The van der Waals surface area contributed by atoms with Crippen LogP contribution < -0.4 is 14.8 Å². The molecule has 0 bridgehead atoms. The van der Waals surface area contributed by atoms with Gasteiger partial charge in [-0.2, -0.15) is 0 Å². The van der Waals surface area contributed by atoms with E-state index < -0.39 is 0 Å². The lowest BCUT2D eigenvalue weighted by atomic mass is 10.1. The molecule has 132 valence electrons. The van der Waals surface area contributed by atoms with Gasteiger partial charge < -0.3 is 14.8 Å². The number of hydrogen-bond acceptors (Lipinski definition) is 3. The minimum absolute atomic E-state index is 0.0134. The Bertz CT molecular complexity index is 644. The zero-order chi connectivity index (χ0) is 18.1. The molecule has 1 aromatic rings. The maximum absolute atomic E-state index is 12.7. The van der Waals surface area contributed by atoms with Crippen LogP contribution in [0.4, 0.5) is 0 Å². The van der Waals surface area contributed by atoms with Gasteiger partial charge in [-0.25, -0.2) is 0 Å². The number of ether oxygens (including phenoxy) is 2. The molecule has 1 amide bonds. The molecular weight excluding hydrogens is 302 g/mol. The average molecular weight is 331 g/mol. The summed E-state index contributed by atoms with van der Waals surface area (Å²) < 4.78 is 10.7. The first-order valence-electron chi connectivity index (χ1n) is 8.39. The van der Waals surface area contributed by atoms with Crippen LogP contribution in [0.25, 0.3) is 0 Å². The van der Waals surface area contributed by atoms with Crippen LogP contribution in [0.1, 0.15) is 46.2 Å². The molecule has 0 saturated heterocycles. The molecule has 0 radical (unpaired) electrons. The van der Waals surface area contributed by atoms with Crippen LogP contribution in [0.2, 0.25) is 0 Å². The number of amides is 1. The number of benzene rings is 1. The highest BCUT2D eigenvalue weighted by Gasteiger charge is 2.60. The van der Waals surface area contributed by atoms with E-state index in [0.29, 0.717) is 5.92 Å². The van der Waals surface area contributed by atoms with E-state index >= 15 is 0 Å². The predicted molar refractivity (Wildman–Crippen MR) is 96.3 cm³/mol. The summed E-state index contributed by atoms with van der Waals surface area (Å²) in [7, 11) is 3.26. The van der Waals surface area contributed by atoms with Crippen LogP contribution in [0.3, 0.4) is 0 Å². The summed E-state index contributed by atoms with van der Waals surface area (Å²) in [5.41, 5.74) is 2.19. The first-order chi connectivity index (χ1) is 11.2. The Morgan fingerprint density at radius 3 is 2.46 bits per heavy atom. The van der Waals surface area contributed by atoms with E-state index in [4.69, 9.17) is 9.47 Å². The van der Waals surface area contributed by atoms with Gasteiger partial charge in [-0.3, -0.25) is 4.79 Å². The van der Waals surface area contributed by atoms with E-state index in [2.05, 4.69) is 39.1 Å². The fourth-order valence-electron chi connectivity index (χ4n) is 3.41. The molecule has 0 heterocycles. The molecule has 4 nitrogen and oxygen atoms in total. The summed E-state index contributed by atoms with van der Waals surface area (Å²) in [5.74, 6) is 1.92. The minimum Gasteiger partial charge on any atom is -0.497 e. The van der Waals surface area contributed by atoms with Crippen molar-refractivity contribution < 1.29 is 14.3 Å². The van der Waals surface area contributed by atoms with Gasteiger partial charge in [0.05, 0.1) is 26.2 Å². The summed E-state index contributed by atoms with van der Waals surface area (Å²) in [6.07, 6.45) is 2.21. The van der Waals surface area contributed by atoms with Gasteiger partial charge in [-0.05, 0) is 50.3 Å². The Kier molecular flexibility index (Phi) is 5.26. The van der Waals surface area contributed by atoms with Crippen molar-refractivity contribution in [3.05, 3.63) is 35.4 Å². The molecule has 3 unspecified atom stereocenters. The molecule has 1 saturated carbocycles. The van der Waals surface area contributed by atoms with Crippen LogP contribution in [-0.2, 0) is 4.79 Å². The number of allylic oxidation sites excluding steroid dienone is 2. The fourth-order valence-corrected chi connectivity index (χ4v) is 3.41. The fraction of sp³-hybridized carbons (Fsp3) is 0.550. The highest BCUT2D eigenvalue weighted by atomic mass is 16.5. The van der Waals surface area contributed by atoms with Gasteiger partial charge in [0.25, 0.3) is 0 Å². The Labute approximate surface area is 145 Å². The van der Waals surface area contributed by atoms with Gasteiger partial charge in [0.2, 0.25) is 5.91 Å². The molecule has 0 aliphatic heterocycles. The first-order valence-corrected chi connectivity index (χ1v) is 8.39. The number of nitrogens with one attached hydrogen (secondary N) is 1. The van der Waals surface area contributed by atoms with Gasteiger partial charge in [0, 0.05) is 5.56 Å². The van der Waals surface area contributed by atoms with Crippen LogP contribution in [0.15, 0.2) is 29.8 Å². The molecule has 1 aromatic carbocycles. The molecule has 0 aromatic heterocycles. The van der Waals surface area contributed by atoms with Crippen LogP contribution in [0, 0.1) is 17.3 Å². The second-order valence-electron chi connectivity index (χ2n) is 7.41. The number of hydrogen-bond donors (Lipinski definition) is 1. The molecule has 0 spiro atoms. The second kappa shape index (κ2) is 6.88. The summed E-state index contributed by atoms with van der Waals surface area (Å²) in [4.78, 5) is 12.7. The maximum atomic E-state index is 12.7. The zero-order valence-electron chi connectivity index (χ0n) is 15.8. The normalized spacial score (nSPS) is 22.3. The van der Waals surface area contributed by atoms with E-state index in [0.717, 1.165) is 17.1 Å². The van der Waals surface area contributed by atoms with E-state index in [-0.39, 0.29) is 23.3 Å². The highest BCUT2D eigenvalue weighted by molar-refractivity contribution is 5.84. The summed E-state index contributed by atoms with van der Waals surface area (Å²) in [6, 6.07) is 5.48. The van der Waals surface area contributed by atoms with Crippen molar-refractivity contribution in [2.75, 3.05) is 14.2 Å². The number of carbonyl (C=O) groups excluding carboxylic acids is 1. The molecule has 1 aliphatic rings. The van der Waals surface area contributed by atoms with Crippen molar-refractivity contribution in [2.24, 2.45) is 17.3 Å². The van der Waals surface area contributed by atoms with Crippen molar-refractivity contribution in [2.45, 2.75) is 40.7 Å². The van der Waals surface area contributed by atoms with Gasteiger partial charge in [-0.1, -0.05) is 25.5 Å². The first kappa shape index (κ1) is 18.4. The van der Waals surface area contributed by atoms with Gasteiger partial charge in [0.1, 0.15) is 11.5 Å². The van der Waals surface area contributed by atoms with E-state index in [1.165, 1.54) is 5.57 Å². The maximum Gasteiger partial charge on any atom is 0.224 e. The van der Waals surface area contributed by atoms with E-state index in [1.54, 1.807) is 14.2 Å². The number of methoxy groups -OCH3 is 2. The Hall–Kier alpha value is -1.97. The topological polar surface area (TPSA) is 47.6 Å². The predicted octanol–water partition coefficient (Wildman–Crippen LogP) is 4.12. The highest BCUT2D eigenvalue weighted by Crippen LogP contribution is 2.59. The molecule has 4 heteroatoms. The third kappa shape index (κ3) is 3.58. The Morgan fingerprint density at radius 1 is 1.25 bits per heavy atom. The molecule has 1 N–H and O–H groups in total. The van der Waals surface area contributed by atoms with Crippen molar-refractivity contribution in [1.29, 1.82) is 0 Å². The molecule has 24 heavy (non-hydrogen) atoms. The third-order valence-corrected chi connectivity index (χ3v) is 4.97. The molecule has 2 rings (SSSR count). The van der Waals surface area contributed by atoms with Gasteiger partial charge >= 0.3 is 0 Å². The minimum atomic E-state index is -0.147. The molecule has 1 fully saturated rings. The number of carbonyl (C=O) groups is 1. The van der Waals surface area contributed by atoms with Gasteiger partial charge in [0.15, 0.2) is 0 Å². The molecule has 3 atom stereocenters. The largest absolute Gasteiger partial charge is 0.497 e. The third-order valence-electron chi connectivity index (χ3n) is 4.97. The monoisotopic (exact) mass is 331 g/mol. The van der Waals surface area contributed by atoms with E-state index in [9.17, 15) is 4.79 Å². The van der Waals surface area contributed by atoms with E-state index in [1.807, 2.05) is 25.1 Å². The summed E-state index contributed by atoms with van der Waals surface area (Å²) in [6.45, 7) is 10.4. The smallest absolute Gasteiger partial charge is 0.224 e. The Morgan fingerprint density at radius 2 is 1.92 bits per heavy atom. The summed E-state index contributed by atoms with van der Waals surface area (Å²) >= 11 is 0. The summed E-state index contributed by atoms with van der Waals surface area (Å²) in [5, 5.41) is 3.14. The lowest BCUT2D eigenvalue weighted by Crippen LogP contribution is -2.29. The van der Waals surface area contributed by atoms with Gasteiger partial charge in [-0.15, -0.1) is 0 Å². The molecular formula is C20H29NO3. The SMILES string of the molecule is COc1ccc(OC)c(C(C)NC(=O)C2C(C=C(C)C)C2(C)C)c1. The van der Waals surface area contributed by atoms with Crippen LogP contribution in [-0.4, -0.2) is 20.1 Å². The van der Waals surface area contributed by atoms with Crippen LogP contribution in [0.5, 0.6) is 11.5 Å². The van der Waals surface area contributed by atoms with Crippen LogP contribution >= 0.6 is 0 Å².